The van der Waals surface area contributed by atoms with Gasteiger partial charge in [-0.25, -0.2) is 0 Å². The lowest BCUT2D eigenvalue weighted by Gasteiger charge is -2.36. The van der Waals surface area contributed by atoms with Crippen LogP contribution in [0.4, 0.5) is 0 Å². The smallest absolute Gasteiger partial charge is 0.227 e. The topological polar surface area (TPSA) is 60.9 Å². The Morgan fingerprint density at radius 3 is 2.22 bits per heavy atom. The summed E-state index contributed by atoms with van der Waals surface area (Å²) in [5, 5.41) is 9.92. The summed E-state index contributed by atoms with van der Waals surface area (Å²) in [5.41, 5.74) is -0.355. The van der Waals surface area contributed by atoms with Gasteiger partial charge < -0.3 is 14.9 Å². The van der Waals surface area contributed by atoms with E-state index in [4.69, 9.17) is 0 Å². The third-order valence-corrected chi connectivity index (χ3v) is 5.28. The van der Waals surface area contributed by atoms with Gasteiger partial charge in [-0.3, -0.25) is 9.59 Å². The summed E-state index contributed by atoms with van der Waals surface area (Å²) in [6.45, 7) is 7.81. The van der Waals surface area contributed by atoms with Crippen molar-refractivity contribution in [1.29, 1.82) is 0 Å². The van der Waals surface area contributed by atoms with Crippen molar-refractivity contribution >= 4 is 11.8 Å². The highest BCUT2D eigenvalue weighted by Gasteiger charge is 2.34. The molecule has 1 saturated heterocycles. The number of aliphatic hydroxyl groups excluding tert-OH is 1. The van der Waals surface area contributed by atoms with Crippen LogP contribution in [-0.2, 0) is 9.59 Å². The van der Waals surface area contributed by atoms with Crippen molar-refractivity contribution in [2.45, 2.75) is 59.0 Å². The first-order valence-electron chi connectivity index (χ1n) is 8.92. The van der Waals surface area contributed by atoms with E-state index in [0.717, 1.165) is 32.1 Å². The molecule has 23 heavy (non-hydrogen) atoms. The van der Waals surface area contributed by atoms with E-state index < -0.39 is 0 Å². The van der Waals surface area contributed by atoms with Crippen LogP contribution >= 0.6 is 0 Å². The van der Waals surface area contributed by atoms with Crippen LogP contribution in [0.25, 0.3) is 0 Å². The molecule has 1 aliphatic carbocycles. The number of hydrogen-bond acceptors (Lipinski definition) is 3. The van der Waals surface area contributed by atoms with Crippen molar-refractivity contribution in [1.82, 2.24) is 9.80 Å². The quantitative estimate of drug-likeness (QED) is 0.862. The first-order chi connectivity index (χ1) is 10.7. The number of carbonyl (C=O) groups excluding carboxylic acids is 2. The molecule has 2 aliphatic rings. The fraction of sp³-hybridized carbons (Fsp3) is 0.889. The van der Waals surface area contributed by atoms with Gasteiger partial charge in [0.15, 0.2) is 0 Å². The third kappa shape index (κ3) is 4.46. The average molecular weight is 324 g/mol. The Morgan fingerprint density at radius 2 is 1.74 bits per heavy atom. The normalized spacial score (nSPS) is 26.4. The zero-order valence-corrected chi connectivity index (χ0v) is 15.0. The molecule has 1 saturated carbocycles. The highest BCUT2D eigenvalue weighted by Crippen LogP contribution is 2.28. The fourth-order valence-corrected chi connectivity index (χ4v) is 3.79. The largest absolute Gasteiger partial charge is 0.393 e. The number of carbonyl (C=O) groups is 2. The Bertz CT molecular complexity index is 436. The Hall–Kier alpha value is -1.10. The average Bonchev–Trinajstić information content (AvgIpc) is 2.90. The predicted molar refractivity (Wildman–Crippen MR) is 89.7 cm³/mol. The molecule has 2 atom stereocenters. The standard InChI is InChI=1S/C18H32N2O3/c1-18(2,3)17(23)20-10-8-13(9-11-20)16(22)19(4)12-14-6-5-7-15(14)21/h13-15,21H,5-12H2,1-4H3. The van der Waals surface area contributed by atoms with Gasteiger partial charge in [-0.05, 0) is 25.7 Å². The van der Waals surface area contributed by atoms with Crippen LogP contribution in [0.3, 0.4) is 0 Å². The molecule has 0 aromatic heterocycles. The van der Waals surface area contributed by atoms with Crippen LogP contribution in [0, 0.1) is 17.3 Å². The second kappa shape index (κ2) is 7.20. The number of rotatable bonds is 3. The summed E-state index contributed by atoms with van der Waals surface area (Å²) in [6, 6.07) is 0. The van der Waals surface area contributed by atoms with Crippen molar-refractivity contribution in [3.63, 3.8) is 0 Å². The molecule has 5 nitrogen and oxygen atoms in total. The van der Waals surface area contributed by atoms with Crippen LogP contribution in [0.5, 0.6) is 0 Å². The molecule has 0 aromatic rings. The van der Waals surface area contributed by atoms with Crippen molar-refractivity contribution in [3.8, 4) is 0 Å². The molecule has 2 rings (SSSR count). The number of nitrogens with zero attached hydrogens (tertiary/aromatic N) is 2. The Kier molecular flexibility index (Phi) is 5.71. The molecule has 2 unspecified atom stereocenters. The molecule has 1 heterocycles. The van der Waals surface area contributed by atoms with E-state index in [9.17, 15) is 14.7 Å². The van der Waals surface area contributed by atoms with Crippen LogP contribution in [0.1, 0.15) is 52.9 Å². The molecule has 0 radical (unpaired) electrons. The minimum Gasteiger partial charge on any atom is -0.393 e. The Labute approximate surface area is 140 Å². The van der Waals surface area contributed by atoms with Crippen molar-refractivity contribution in [3.05, 3.63) is 0 Å². The van der Waals surface area contributed by atoms with Gasteiger partial charge in [0, 0.05) is 43.9 Å². The van der Waals surface area contributed by atoms with Gasteiger partial charge in [-0.2, -0.15) is 0 Å². The van der Waals surface area contributed by atoms with Crippen molar-refractivity contribution in [2.24, 2.45) is 17.3 Å². The number of hydrogen-bond donors (Lipinski definition) is 1. The summed E-state index contributed by atoms with van der Waals surface area (Å²) in [6.07, 6.45) is 4.17. The molecule has 5 heteroatoms. The zero-order valence-electron chi connectivity index (χ0n) is 15.0. The van der Waals surface area contributed by atoms with E-state index in [1.807, 2.05) is 32.7 Å². The molecule has 1 N–H and O–H groups in total. The van der Waals surface area contributed by atoms with E-state index >= 15 is 0 Å². The summed E-state index contributed by atoms with van der Waals surface area (Å²) in [5.74, 6) is 0.590. The van der Waals surface area contributed by atoms with Gasteiger partial charge in [0.2, 0.25) is 11.8 Å². The molecule has 2 amide bonds. The fourth-order valence-electron chi connectivity index (χ4n) is 3.79. The van der Waals surface area contributed by atoms with Gasteiger partial charge in [0.05, 0.1) is 6.10 Å². The Balaban J connectivity index is 1.82. The number of likely N-dealkylation sites (tertiary alicyclic amines) is 1. The minimum absolute atomic E-state index is 0.0163. The first kappa shape index (κ1) is 18.2. The van der Waals surface area contributed by atoms with E-state index in [0.29, 0.717) is 19.6 Å². The third-order valence-electron chi connectivity index (χ3n) is 5.28. The van der Waals surface area contributed by atoms with Gasteiger partial charge in [0.25, 0.3) is 0 Å². The highest BCUT2D eigenvalue weighted by molar-refractivity contribution is 5.82. The lowest BCUT2D eigenvalue weighted by Crippen LogP contribution is -2.47. The predicted octanol–water partition coefficient (Wildman–Crippen LogP) is 1.89. The maximum absolute atomic E-state index is 12.6. The Morgan fingerprint density at radius 1 is 1.13 bits per heavy atom. The second-order valence-corrected chi connectivity index (χ2v) is 8.29. The van der Waals surface area contributed by atoms with Crippen molar-refractivity contribution in [2.75, 3.05) is 26.7 Å². The van der Waals surface area contributed by atoms with Crippen LogP contribution < -0.4 is 0 Å². The van der Waals surface area contributed by atoms with Gasteiger partial charge in [-0.15, -0.1) is 0 Å². The molecule has 1 aliphatic heterocycles. The summed E-state index contributed by atoms with van der Waals surface area (Å²) < 4.78 is 0. The summed E-state index contributed by atoms with van der Waals surface area (Å²) in [7, 11) is 1.85. The summed E-state index contributed by atoms with van der Waals surface area (Å²) >= 11 is 0. The number of aliphatic hydroxyl groups is 1. The first-order valence-corrected chi connectivity index (χ1v) is 8.92. The maximum atomic E-state index is 12.6. The van der Waals surface area contributed by atoms with E-state index in [1.54, 1.807) is 4.90 Å². The molecule has 0 spiro atoms. The molecular weight excluding hydrogens is 292 g/mol. The van der Waals surface area contributed by atoms with Gasteiger partial charge in [0.1, 0.15) is 0 Å². The lowest BCUT2D eigenvalue weighted by atomic mass is 9.90. The van der Waals surface area contributed by atoms with E-state index in [-0.39, 0.29) is 35.2 Å². The minimum atomic E-state index is -0.355. The second-order valence-electron chi connectivity index (χ2n) is 8.29. The SMILES string of the molecule is CN(CC1CCCC1O)C(=O)C1CCN(C(=O)C(C)(C)C)CC1. The maximum Gasteiger partial charge on any atom is 0.227 e. The molecule has 132 valence electrons. The summed E-state index contributed by atoms with van der Waals surface area (Å²) in [4.78, 5) is 28.6. The van der Waals surface area contributed by atoms with Gasteiger partial charge >= 0.3 is 0 Å². The number of amides is 2. The molecule has 0 bridgehead atoms. The molecule has 2 fully saturated rings. The monoisotopic (exact) mass is 324 g/mol. The number of piperidine rings is 1. The zero-order chi connectivity index (χ0) is 17.2. The van der Waals surface area contributed by atoms with E-state index in [2.05, 4.69) is 0 Å². The highest BCUT2D eigenvalue weighted by atomic mass is 16.3. The van der Waals surface area contributed by atoms with Gasteiger partial charge in [-0.1, -0.05) is 27.2 Å². The van der Waals surface area contributed by atoms with Crippen LogP contribution in [0.15, 0.2) is 0 Å². The lowest BCUT2D eigenvalue weighted by molar-refractivity contribution is -0.144. The van der Waals surface area contributed by atoms with Crippen LogP contribution in [0.2, 0.25) is 0 Å². The van der Waals surface area contributed by atoms with E-state index in [1.165, 1.54) is 0 Å². The van der Waals surface area contributed by atoms with Crippen LogP contribution in [-0.4, -0.2) is 59.5 Å². The van der Waals surface area contributed by atoms with Crippen molar-refractivity contribution < 1.29 is 14.7 Å². The molecule has 0 aromatic carbocycles. The molecular formula is C18H32N2O3.